The van der Waals surface area contributed by atoms with Crippen molar-refractivity contribution in [3.05, 3.63) is 47.6 Å². The highest BCUT2D eigenvalue weighted by Gasteiger charge is 2.18. The summed E-state index contributed by atoms with van der Waals surface area (Å²) in [6.45, 7) is 1.49. The first-order chi connectivity index (χ1) is 13.2. The Bertz CT molecular complexity index is 913. The third-order valence-corrected chi connectivity index (χ3v) is 4.69. The third-order valence-electron chi connectivity index (χ3n) is 4.44. The maximum atomic E-state index is 12.2. The molecule has 0 saturated carbocycles. The van der Waals surface area contributed by atoms with Crippen LogP contribution in [0.2, 0.25) is 5.02 Å². The monoisotopic (exact) mass is 386 g/mol. The summed E-state index contributed by atoms with van der Waals surface area (Å²) < 4.78 is 12.7. The van der Waals surface area contributed by atoms with E-state index in [1.165, 1.54) is 0 Å². The largest absolute Gasteiger partial charge is 0.376 e. The quantitative estimate of drug-likeness (QED) is 0.703. The van der Waals surface area contributed by atoms with E-state index in [0.29, 0.717) is 29.0 Å². The molecule has 1 atom stereocenters. The van der Waals surface area contributed by atoms with E-state index in [9.17, 15) is 4.79 Å². The fourth-order valence-electron chi connectivity index (χ4n) is 3.03. The minimum Gasteiger partial charge on any atom is -0.376 e. The Morgan fingerprint density at radius 2 is 2.15 bits per heavy atom. The van der Waals surface area contributed by atoms with Crippen LogP contribution in [0.5, 0.6) is 0 Å². The van der Waals surface area contributed by atoms with E-state index in [0.717, 1.165) is 25.0 Å². The second-order valence-electron chi connectivity index (χ2n) is 6.39. The standard InChI is InChI=1S/C19H19ClN4O3/c20-14-7-5-13(6-8-14)18-22-19(27-23-18)16-4-1-9-24(16)12-17(25)21-11-15-3-2-10-26-15/h1,4-9,15H,2-3,10-12H2,(H,21,25)/t15-/m1/s1. The Labute approximate surface area is 161 Å². The van der Waals surface area contributed by atoms with E-state index in [4.69, 9.17) is 20.9 Å². The van der Waals surface area contributed by atoms with E-state index >= 15 is 0 Å². The van der Waals surface area contributed by atoms with Gasteiger partial charge in [-0.3, -0.25) is 4.79 Å². The van der Waals surface area contributed by atoms with Gasteiger partial charge in [0.25, 0.3) is 5.89 Å². The summed E-state index contributed by atoms with van der Waals surface area (Å²) in [5.41, 5.74) is 1.50. The molecule has 1 amide bonds. The lowest BCUT2D eigenvalue weighted by Gasteiger charge is -2.11. The van der Waals surface area contributed by atoms with E-state index < -0.39 is 0 Å². The van der Waals surface area contributed by atoms with Crippen LogP contribution in [0.3, 0.4) is 0 Å². The minimum absolute atomic E-state index is 0.0830. The molecule has 0 spiro atoms. The van der Waals surface area contributed by atoms with Gasteiger partial charge in [0.15, 0.2) is 0 Å². The second kappa shape index (κ2) is 7.94. The van der Waals surface area contributed by atoms with Gasteiger partial charge >= 0.3 is 0 Å². The molecule has 1 aliphatic rings. The van der Waals surface area contributed by atoms with Gasteiger partial charge in [-0.05, 0) is 49.2 Å². The zero-order valence-electron chi connectivity index (χ0n) is 14.6. The number of hydrogen-bond acceptors (Lipinski definition) is 5. The topological polar surface area (TPSA) is 82.2 Å². The summed E-state index contributed by atoms with van der Waals surface area (Å²) in [7, 11) is 0. The molecule has 1 aromatic carbocycles. The summed E-state index contributed by atoms with van der Waals surface area (Å²) in [6.07, 6.45) is 3.98. The molecule has 8 heteroatoms. The van der Waals surface area contributed by atoms with E-state index in [-0.39, 0.29) is 18.6 Å². The Hall–Kier alpha value is -2.64. The van der Waals surface area contributed by atoms with Crippen LogP contribution in [0, 0.1) is 0 Å². The SMILES string of the molecule is O=C(Cn1cccc1-c1nc(-c2ccc(Cl)cc2)no1)NC[C@H]1CCCO1. The molecule has 1 aliphatic heterocycles. The van der Waals surface area contributed by atoms with Gasteiger partial charge in [-0.2, -0.15) is 4.98 Å². The highest BCUT2D eigenvalue weighted by atomic mass is 35.5. The molecule has 2 aromatic heterocycles. The number of rotatable bonds is 6. The lowest BCUT2D eigenvalue weighted by molar-refractivity contribution is -0.122. The highest BCUT2D eigenvalue weighted by Crippen LogP contribution is 2.23. The maximum absolute atomic E-state index is 12.2. The van der Waals surface area contributed by atoms with Gasteiger partial charge < -0.3 is 19.1 Å². The van der Waals surface area contributed by atoms with Gasteiger partial charge in [-0.25, -0.2) is 0 Å². The van der Waals surface area contributed by atoms with Crippen molar-refractivity contribution in [1.82, 2.24) is 20.0 Å². The number of halogens is 1. The van der Waals surface area contributed by atoms with Crippen LogP contribution in [-0.4, -0.2) is 39.9 Å². The van der Waals surface area contributed by atoms with E-state index in [1.807, 2.05) is 30.5 Å². The molecule has 27 heavy (non-hydrogen) atoms. The van der Waals surface area contributed by atoms with Crippen molar-refractivity contribution < 1.29 is 14.1 Å². The summed E-state index contributed by atoms with van der Waals surface area (Å²) >= 11 is 5.91. The normalized spacial score (nSPS) is 16.6. The molecule has 0 bridgehead atoms. The van der Waals surface area contributed by atoms with Crippen LogP contribution in [0.1, 0.15) is 12.8 Å². The summed E-state index contributed by atoms with van der Waals surface area (Å²) in [5.74, 6) is 0.745. The van der Waals surface area contributed by atoms with Crippen molar-refractivity contribution in [2.75, 3.05) is 13.2 Å². The average molecular weight is 387 g/mol. The van der Waals surface area contributed by atoms with Crippen molar-refractivity contribution in [2.24, 2.45) is 0 Å². The first-order valence-electron chi connectivity index (χ1n) is 8.82. The van der Waals surface area contributed by atoms with Crippen LogP contribution in [0.15, 0.2) is 47.1 Å². The number of aromatic nitrogens is 3. The molecule has 0 aliphatic carbocycles. The van der Waals surface area contributed by atoms with Gasteiger partial charge in [0, 0.05) is 29.9 Å². The highest BCUT2D eigenvalue weighted by molar-refractivity contribution is 6.30. The van der Waals surface area contributed by atoms with Gasteiger partial charge in [0.05, 0.1) is 6.10 Å². The molecule has 0 unspecified atom stereocenters. The first-order valence-corrected chi connectivity index (χ1v) is 9.20. The van der Waals surface area contributed by atoms with Gasteiger partial charge in [-0.15, -0.1) is 0 Å². The zero-order valence-corrected chi connectivity index (χ0v) is 15.4. The van der Waals surface area contributed by atoms with Crippen molar-refractivity contribution in [2.45, 2.75) is 25.5 Å². The predicted molar refractivity (Wildman–Crippen MR) is 100 cm³/mol. The summed E-state index contributed by atoms with van der Waals surface area (Å²) in [6, 6.07) is 10.9. The zero-order chi connectivity index (χ0) is 18.6. The molecule has 3 heterocycles. The number of benzene rings is 1. The summed E-state index contributed by atoms with van der Waals surface area (Å²) in [4.78, 5) is 16.7. The second-order valence-corrected chi connectivity index (χ2v) is 6.83. The summed E-state index contributed by atoms with van der Waals surface area (Å²) in [5, 5.41) is 7.58. The molecule has 3 aromatic rings. The molecule has 140 valence electrons. The van der Waals surface area contributed by atoms with Crippen molar-refractivity contribution in [1.29, 1.82) is 0 Å². The lowest BCUT2D eigenvalue weighted by atomic mass is 10.2. The van der Waals surface area contributed by atoms with Crippen molar-refractivity contribution in [3.8, 4) is 23.0 Å². The van der Waals surface area contributed by atoms with Crippen LogP contribution < -0.4 is 5.32 Å². The van der Waals surface area contributed by atoms with Gasteiger partial charge in [-0.1, -0.05) is 16.8 Å². The van der Waals surface area contributed by atoms with Crippen LogP contribution in [-0.2, 0) is 16.1 Å². The van der Waals surface area contributed by atoms with Crippen molar-refractivity contribution >= 4 is 17.5 Å². The van der Waals surface area contributed by atoms with Crippen molar-refractivity contribution in [3.63, 3.8) is 0 Å². The van der Waals surface area contributed by atoms with E-state index in [2.05, 4.69) is 15.5 Å². The fourth-order valence-corrected chi connectivity index (χ4v) is 3.16. The molecule has 0 radical (unpaired) electrons. The Morgan fingerprint density at radius 1 is 1.30 bits per heavy atom. The average Bonchev–Trinajstić information content (AvgIpc) is 3.42. The lowest BCUT2D eigenvalue weighted by Crippen LogP contribution is -2.34. The smallest absolute Gasteiger partial charge is 0.274 e. The molecule has 1 N–H and O–H groups in total. The molecule has 1 fully saturated rings. The van der Waals surface area contributed by atoms with Crippen LogP contribution >= 0.6 is 11.6 Å². The molecular weight excluding hydrogens is 368 g/mol. The fraction of sp³-hybridized carbons (Fsp3) is 0.316. The number of carbonyl (C=O) groups excluding carboxylic acids is 1. The van der Waals surface area contributed by atoms with Crippen LogP contribution in [0.4, 0.5) is 0 Å². The first kappa shape index (κ1) is 17.8. The molecule has 7 nitrogen and oxygen atoms in total. The van der Waals surface area contributed by atoms with E-state index in [1.54, 1.807) is 16.7 Å². The number of nitrogens with one attached hydrogen (secondary N) is 1. The molecule has 1 saturated heterocycles. The number of amides is 1. The number of ether oxygens (including phenoxy) is 1. The number of carbonyl (C=O) groups is 1. The predicted octanol–water partition coefficient (Wildman–Crippen LogP) is 3.15. The van der Waals surface area contributed by atoms with Gasteiger partial charge in [0.2, 0.25) is 11.7 Å². The Balaban J connectivity index is 1.44. The molecule has 4 rings (SSSR count). The van der Waals surface area contributed by atoms with Gasteiger partial charge in [0.1, 0.15) is 12.2 Å². The Morgan fingerprint density at radius 3 is 2.93 bits per heavy atom. The van der Waals surface area contributed by atoms with Crippen LogP contribution in [0.25, 0.3) is 23.0 Å². The number of hydrogen-bond donors (Lipinski definition) is 1. The Kier molecular flexibility index (Phi) is 5.22. The molecular formula is C19H19ClN4O3. The maximum Gasteiger partial charge on any atom is 0.274 e. The third kappa shape index (κ3) is 4.20. The minimum atomic E-state index is -0.0830. The number of nitrogens with zero attached hydrogens (tertiary/aromatic N) is 3.